The van der Waals surface area contributed by atoms with E-state index in [4.69, 9.17) is 47.4 Å². The van der Waals surface area contributed by atoms with Gasteiger partial charge in [0.25, 0.3) is 0 Å². The quantitative estimate of drug-likeness (QED) is 0.204. The summed E-state index contributed by atoms with van der Waals surface area (Å²) < 4.78 is 63.9. The molecule has 3 N–H and O–H groups in total. The van der Waals surface area contributed by atoms with E-state index in [-0.39, 0.29) is 30.8 Å². The molecular formula is C48H74O14. The lowest BCUT2D eigenvalue weighted by Crippen LogP contribution is -2.58. The van der Waals surface area contributed by atoms with Gasteiger partial charge in [-0.25, -0.2) is 0 Å². The molecule has 7 rings (SSSR count). The summed E-state index contributed by atoms with van der Waals surface area (Å²) in [6.45, 7) is 16.3. The van der Waals surface area contributed by atoms with Crippen LogP contribution in [-0.2, 0) is 52.2 Å². The number of fused-ring (bicyclic) bond motifs is 2. The van der Waals surface area contributed by atoms with Crippen LogP contribution in [0, 0.1) is 23.7 Å². The third-order valence-corrected chi connectivity index (χ3v) is 14.9. The minimum absolute atomic E-state index is 0.00708. The molecule has 0 aromatic carbocycles. The number of esters is 1. The van der Waals surface area contributed by atoms with E-state index in [9.17, 15) is 20.1 Å². The predicted octanol–water partition coefficient (Wildman–Crippen LogP) is 5.60. The highest BCUT2D eigenvalue weighted by molar-refractivity contribution is 5.78. The Balaban J connectivity index is 1.18. The summed E-state index contributed by atoms with van der Waals surface area (Å²) in [4.78, 5) is 14.4. The first-order valence-corrected chi connectivity index (χ1v) is 23.2. The fraction of sp³-hybridized carbons (Fsp3) is 0.812. The molecule has 0 saturated carbocycles. The van der Waals surface area contributed by atoms with Crippen LogP contribution < -0.4 is 0 Å². The Morgan fingerprint density at radius 1 is 0.919 bits per heavy atom. The molecule has 62 heavy (non-hydrogen) atoms. The maximum absolute atomic E-state index is 14.4. The average molecular weight is 875 g/mol. The molecule has 2 bridgehead atoms. The van der Waals surface area contributed by atoms with Crippen LogP contribution in [0.15, 0.2) is 47.1 Å². The maximum Gasteiger partial charge on any atom is 0.316 e. The lowest BCUT2D eigenvalue weighted by molar-refractivity contribution is -0.340. The third kappa shape index (κ3) is 9.73. The lowest BCUT2D eigenvalue weighted by Gasteiger charge is -2.51. The van der Waals surface area contributed by atoms with Gasteiger partial charge in [-0.15, -0.1) is 0 Å². The number of allylic oxidation sites excluding steroid dienone is 2. The van der Waals surface area contributed by atoms with Crippen LogP contribution in [0.4, 0.5) is 0 Å². The van der Waals surface area contributed by atoms with Gasteiger partial charge in [0.1, 0.15) is 42.0 Å². The molecule has 5 saturated heterocycles. The zero-order valence-corrected chi connectivity index (χ0v) is 38.5. The Morgan fingerprint density at radius 3 is 2.35 bits per heavy atom. The number of methoxy groups -OCH3 is 2. The van der Waals surface area contributed by atoms with Gasteiger partial charge in [-0.3, -0.25) is 4.79 Å². The van der Waals surface area contributed by atoms with Crippen molar-refractivity contribution in [3.8, 4) is 0 Å². The largest absolute Gasteiger partial charge is 0.462 e. The number of carbonyl (C=O) groups is 1. The predicted molar refractivity (Wildman–Crippen MR) is 227 cm³/mol. The highest BCUT2D eigenvalue weighted by atomic mass is 16.7. The zero-order chi connectivity index (χ0) is 44.7. The summed E-state index contributed by atoms with van der Waals surface area (Å²) in [5.74, 6) is -2.10. The van der Waals surface area contributed by atoms with Crippen LogP contribution in [-0.4, -0.2) is 139 Å². The van der Waals surface area contributed by atoms with Crippen LogP contribution >= 0.6 is 0 Å². The minimum atomic E-state index is -1.82. The van der Waals surface area contributed by atoms with E-state index < -0.39 is 90.8 Å². The summed E-state index contributed by atoms with van der Waals surface area (Å²) in [5, 5.41) is 34.2. The number of rotatable bonds is 8. The maximum atomic E-state index is 14.4. The van der Waals surface area contributed by atoms with Crippen LogP contribution in [0.25, 0.3) is 0 Å². The summed E-state index contributed by atoms with van der Waals surface area (Å²) in [7, 11) is 3.23. The molecule has 14 heteroatoms. The molecule has 0 amide bonds. The van der Waals surface area contributed by atoms with Gasteiger partial charge in [0.2, 0.25) is 0 Å². The molecule has 350 valence electrons. The first-order chi connectivity index (χ1) is 29.5. The standard InChI is InChI=1S/C48H74O14/c1-11-25(2)43-28(5)17-18-47(62-43)23-34-20-33(61-47)16-15-27(4)42(26(3)13-12-14-32-24-55-45-40(49)29(6)19-35(46(51)58-34)48(32,45)52)59-39-22-37(54-10)44(31(8)57-39)60-38-21-36(53-9)41(50)30(7)56-38/h12-15,19,25-26,28,30-31,33-45,49-50,52H,11,16-18,20-24H2,1-10H3/b13-12+,27-15+,32-14+/t25-,26-,28-,30?,31?,33+,34-,35?,36?,37?,38?,39?,40?,41?,42-,43+,44?,45+,47+,48+/m0/s1. The van der Waals surface area contributed by atoms with Crippen LogP contribution in [0.5, 0.6) is 0 Å². The second kappa shape index (κ2) is 19.8. The third-order valence-electron chi connectivity index (χ3n) is 14.9. The highest BCUT2D eigenvalue weighted by Crippen LogP contribution is 2.48. The molecule has 10 unspecified atom stereocenters. The summed E-state index contributed by atoms with van der Waals surface area (Å²) in [6, 6.07) is 0. The van der Waals surface area contributed by atoms with Crippen LogP contribution in [0.1, 0.15) is 107 Å². The first-order valence-electron chi connectivity index (χ1n) is 23.2. The fourth-order valence-corrected chi connectivity index (χ4v) is 11.0. The zero-order valence-electron chi connectivity index (χ0n) is 38.5. The number of aliphatic hydroxyl groups is 3. The molecular weight excluding hydrogens is 801 g/mol. The smallest absolute Gasteiger partial charge is 0.316 e. The average Bonchev–Trinajstić information content (AvgIpc) is 3.58. The van der Waals surface area contributed by atoms with Crippen molar-refractivity contribution < 1.29 is 67.5 Å². The van der Waals surface area contributed by atoms with E-state index in [0.717, 1.165) is 18.4 Å². The Bertz CT molecular complexity index is 1680. The molecule has 6 heterocycles. The number of ether oxygens (including phenoxy) is 10. The van der Waals surface area contributed by atoms with E-state index in [1.807, 2.05) is 19.1 Å². The van der Waals surface area contributed by atoms with Crippen LogP contribution in [0.2, 0.25) is 0 Å². The van der Waals surface area contributed by atoms with Gasteiger partial charge in [-0.1, -0.05) is 64.5 Å². The van der Waals surface area contributed by atoms with E-state index in [0.29, 0.717) is 61.5 Å². The van der Waals surface area contributed by atoms with E-state index >= 15 is 0 Å². The Hall–Kier alpha value is -2.05. The minimum Gasteiger partial charge on any atom is -0.462 e. The normalized spacial score (nSPS) is 49.4. The SMILES string of the molecule is CC[C@H](C)[C@H]1O[C@]2(CC[C@@H]1C)C[C@@H]1C[C@@H](C/C=C(\C)[C@@H](OC3CC(OC)C(OC4CC(OC)C(O)C(C)O4)C(C)O3)[C@@H](C)/C=C/C=C3\CO[C@@H]4C(O)C(C)=CC(C(=O)O1)[C@]34O)O2. The number of carbonyl (C=O) groups excluding carboxylic acids is 1. The number of aliphatic hydroxyl groups excluding tert-OH is 2. The number of hydrogen-bond donors (Lipinski definition) is 3. The summed E-state index contributed by atoms with van der Waals surface area (Å²) in [5.41, 5.74) is 0.188. The van der Waals surface area contributed by atoms with E-state index in [1.54, 1.807) is 40.2 Å². The van der Waals surface area contributed by atoms with Crippen molar-refractivity contribution in [1.82, 2.24) is 0 Å². The van der Waals surface area contributed by atoms with Gasteiger partial charge in [0, 0.05) is 52.2 Å². The lowest BCUT2D eigenvalue weighted by atomic mass is 9.71. The Kier molecular flexibility index (Phi) is 15.3. The van der Waals surface area contributed by atoms with Gasteiger partial charge in [-0.2, -0.15) is 0 Å². The molecule has 0 aromatic heterocycles. The van der Waals surface area contributed by atoms with Crippen molar-refractivity contribution in [3.63, 3.8) is 0 Å². The summed E-state index contributed by atoms with van der Waals surface area (Å²) >= 11 is 0. The van der Waals surface area contributed by atoms with Crippen molar-refractivity contribution in [2.45, 2.75) is 204 Å². The van der Waals surface area contributed by atoms with Gasteiger partial charge in [0.05, 0.1) is 49.3 Å². The van der Waals surface area contributed by atoms with Crippen LogP contribution in [0.3, 0.4) is 0 Å². The van der Waals surface area contributed by atoms with Crippen molar-refractivity contribution in [3.05, 3.63) is 47.1 Å². The molecule has 0 radical (unpaired) electrons. The molecule has 20 atom stereocenters. The molecule has 1 spiro atoms. The van der Waals surface area contributed by atoms with Gasteiger partial charge in [-0.05, 0) is 69.1 Å². The Labute approximate surface area is 368 Å². The molecule has 14 nitrogen and oxygen atoms in total. The monoisotopic (exact) mass is 875 g/mol. The van der Waals surface area contributed by atoms with Gasteiger partial charge < -0.3 is 62.7 Å². The first kappa shape index (κ1) is 47.9. The van der Waals surface area contributed by atoms with Gasteiger partial charge in [0.15, 0.2) is 18.4 Å². The fourth-order valence-electron chi connectivity index (χ4n) is 11.0. The van der Waals surface area contributed by atoms with Crippen molar-refractivity contribution in [2.75, 3.05) is 20.8 Å². The molecule has 5 fully saturated rings. The highest BCUT2D eigenvalue weighted by Gasteiger charge is 2.60. The molecule has 6 aliphatic heterocycles. The van der Waals surface area contributed by atoms with Crippen molar-refractivity contribution >= 4 is 5.97 Å². The van der Waals surface area contributed by atoms with E-state index in [1.165, 1.54) is 0 Å². The molecule has 1 aliphatic carbocycles. The van der Waals surface area contributed by atoms with Crippen molar-refractivity contribution in [1.29, 1.82) is 0 Å². The van der Waals surface area contributed by atoms with E-state index in [2.05, 4.69) is 40.7 Å². The topological polar surface area (TPSA) is 170 Å². The second-order valence-corrected chi connectivity index (χ2v) is 19.4. The second-order valence-electron chi connectivity index (χ2n) is 19.4. The van der Waals surface area contributed by atoms with Gasteiger partial charge >= 0.3 is 5.97 Å². The molecule has 7 aliphatic rings. The summed E-state index contributed by atoms with van der Waals surface area (Å²) in [6.07, 6.45) is 6.53. The van der Waals surface area contributed by atoms with Crippen molar-refractivity contribution in [2.24, 2.45) is 23.7 Å². The Morgan fingerprint density at radius 2 is 1.63 bits per heavy atom. The number of hydrogen-bond acceptors (Lipinski definition) is 14. The molecule has 0 aromatic rings.